The zero-order valence-corrected chi connectivity index (χ0v) is 11.4. The first kappa shape index (κ1) is 14.5. The van der Waals surface area contributed by atoms with E-state index >= 15 is 0 Å². The monoisotopic (exact) mass is 251 g/mol. The van der Waals surface area contributed by atoms with Crippen molar-refractivity contribution in [3.63, 3.8) is 0 Å². The third-order valence-electron chi connectivity index (χ3n) is 2.95. The largest absolute Gasteiger partial charge is 0.493 e. The molecule has 1 aromatic carbocycles. The number of ether oxygens (including phenoxy) is 2. The SMILES string of the molecule is COC(=O)C(N)CCOc1cc(C)cc(C)c1C. The van der Waals surface area contributed by atoms with Crippen molar-refractivity contribution >= 4 is 5.97 Å². The average Bonchev–Trinajstić information content (AvgIpc) is 2.33. The molecule has 4 heteroatoms. The van der Waals surface area contributed by atoms with Crippen LogP contribution in [0.5, 0.6) is 5.75 Å². The van der Waals surface area contributed by atoms with Crippen LogP contribution in [0.1, 0.15) is 23.1 Å². The van der Waals surface area contributed by atoms with Gasteiger partial charge in [-0.05, 0) is 43.5 Å². The van der Waals surface area contributed by atoms with Crippen molar-refractivity contribution in [2.75, 3.05) is 13.7 Å². The summed E-state index contributed by atoms with van der Waals surface area (Å²) in [5, 5.41) is 0. The van der Waals surface area contributed by atoms with E-state index in [1.165, 1.54) is 12.7 Å². The third-order valence-corrected chi connectivity index (χ3v) is 2.95. The first-order chi connectivity index (χ1) is 8.45. The summed E-state index contributed by atoms with van der Waals surface area (Å²) in [6.45, 7) is 6.50. The molecule has 0 saturated heterocycles. The zero-order chi connectivity index (χ0) is 13.7. The molecule has 1 aromatic rings. The number of nitrogens with two attached hydrogens (primary N) is 1. The van der Waals surface area contributed by atoms with Crippen LogP contribution in [-0.4, -0.2) is 25.7 Å². The minimum atomic E-state index is -0.624. The van der Waals surface area contributed by atoms with Gasteiger partial charge in [0.05, 0.1) is 13.7 Å². The molecule has 0 aliphatic rings. The normalized spacial score (nSPS) is 12.1. The molecule has 4 nitrogen and oxygen atoms in total. The summed E-state index contributed by atoms with van der Waals surface area (Å²) in [5.74, 6) is 0.445. The first-order valence-corrected chi connectivity index (χ1v) is 5.99. The van der Waals surface area contributed by atoms with Gasteiger partial charge in [0.2, 0.25) is 0 Å². The maximum Gasteiger partial charge on any atom is 0.322 e. The van der Waals surface area contributed by atoms with Gasteiger partial charge in [0, 0.05) is 6.42 Å². The molecule has 18 heavy (non-hydrogen) atoms. The predicted molar refractivity (Wildman–Crippen MR) is 70.8 cm³/mol. The number of carbonyl (C=O) groups excluding carboxylic acids is 1. The van der Waals surface area contributed by atoms with Gasteiger partial charge in [-0.2, -0.15) is 0 Å². The van der Waals surface area contributed by atoms with Gasteiger partial charge in [-0.25, -0.2) is 0 Å². The van der Waals surface area contributed by atoms with E-state index in [4.69, 9.17) is 10.5 Å². The second-order valence-corrected chi connectivity index (χ2v) is 4.47. The Morgan fingerprint density at radius 2 is 2.00 bits per heavy atom. The smallest absolute Gasteiger partial charge is 0.322 e. The Bertz CT molecular complexity index is 429. The summed E-state index contributed by atoms with van der Waals surface area (Å²) in [6.07, 6.45) is 0.444. The maximum absolute atomic E-state index is 11.1. The fourth-order valence-corrected chi connectivity index (χ4v) is 1.72. The van der Waals surface area contributed by atoms with Gasteiger partial charge in [0.15, 0.2) is 0 Å². The highest BCUT2D eigenvalue weighted by Gasteiger charge is 2.13. The van der Waals surface area contributed by atoms with Crippen molar-refractivity contribution in [2.45, 2.75) is 33.2 Å². The molecule has 0 heterocycles. The molecule has 0 spiro atoms. The van der Waals surface area contributed by atoms with E-state index in [0.29, 0.717) is 13.0 Å². The Labute approximate surface area is 108 Å². The van der Waals surface area contributed by atoms with Crippen LogP contribution in [0.25, 0.3) is 0 Å². The van der Waals surface area contributed by atoms with Crippen molar-refractivity contribution in [2.24, 2.45) is 5.73 Å². The van der Waals surface area contributed by atoms with Crippen molar-refractivity contribution in [3.8, 4) is 5.75 Å². The molecule has 2 N–H and O–H groups in total. The average molecular weight is 251 g/mol. The molecular weight excluding hydrogens is 230 g/mol. The molecule has 100 valence electrons. The molecule has 0 aliphatic heterocycles. The van der Waals surface area contributed by atoms with E-state index in [9.17, 15) is 4.79 Å². The Kier molecular flexibility index (Phi) is 5.16. The van der Waals surface area contributed by atoms with Crippen LogP contribution in [0.4, 0.5) is 0 Å². The van der Waals surface area contributed by atoms with Crippen molar-refractivity contribution in [1.82, 2.24) is 0 Å². The molecule has 0 saturated carbocycles. The lowest BCUT2D eigenvalue weighted by atomic mass is 10.1. The Hall–Kier alpha value is -1.55. The second-order valence-electron chi connectivity index (χ2n) is 4.47. The molecule has 0 aliphatic carbocycles. The van der Waals surface area contributed by atoms with E-state index in [1.807, 2.05) is 19.9 Å². The lowest BCUT2D eigenvalue weighted by Crippen LogP contribution is -2.33. The lowest BCUT2D eigenvalue weighted by Gasteiger charge is -2.14. The molecule has 0 fully saturated rings. The van der Waals surface area contributed by atoms with E-state index in [0.717, 1.165) is 16.9 Å². The van der Waals surface area contributed by atoms with Gasteiger partial charge in [-0.15, -0.1) is 0 Å². The van der Waals surface area contributed by atoms with Gasteiger partial charge < -0.3 is 15.2 Å². The Morgan fingerprint density at radius 3 is 2.61 bits per heavy atom. The van der Waals surface area contributed by atoms with Crippen molar-refractivity contribution in [3.05, 3.63) is 28.8 Å². The summed E-state index contributed by atoms with van der Waals surface area (Å²) >= 11 is 0. The van der Waals surface area contributed by atoms with Crippen LogP contribution >= 0.6 is 0 Å². The van der Waals surface area contributed by atoms with Gasteiger partial charge in [-0.3, -0.25) is 4.79 Å². The highest BCUT2D eigenvalue weighted by molar-refractivity contribution is 5.75. The van der Waals surface area contributed by atoms with Gasteiger partial charge in [0.1, 0.15) is 11.8 Å². The van der Waals surface area contributed by atoms with Crippen LogP contribution in [0.2, 0.25) is 0 Å². The summed E-state index contributed by atoms with van der Waals surface area (Å²) in [5.41, 5.74) is 9.11. The van der Waals surface area contributed by atoms with Crippen LogP contribution in [0.15, 0.2) is 12.1 Å². The number of hydrogen-bond donors (Lipinski definition) is 1. The molecule has 0 bridgehead atoms. The third kappa shape index (κ3) is 3.74. The minimum absolute atomic E-state index is 0.403. The van der Waals surface area contributed by atoms with E-state index in [-0.39, 0.29) is 0 Å². The topological polar surface area (TPSA) is 61.5 Å². The Balaban J connectivity index is 2.57. The van der Waals surface area contributed by atoms with Gasteiger partial charge >= 0.3 is 5.97 Å². The van der Waals surface area contributed by atoms with Crippen LogP contribution in [0, 0.1) is 20.8 Å². The molecule has 0 aromatic heterocycles. The maximum atomic E-state index is 11.1. The number of benzene rings is 1. The highest BCUT2D eigenvalue weighted by Crippen LogP contribution is 2.23. The van der Waals surface area contributed by atoms with Crippen LogP contribution in [-0.2, 0) is 9.53 Å². The fraction of sp³-hybridized carbons (Fsp3) is 0.500. The number of esters is 1. The minimum Gasteiger partial charge on any atom is -0.493 e. The molecule has 0 amide bonds. The summed E-state index contributed by atoms with van der Waals surface area (Å²) < 4.78 is 10.2. The molecule has 0 radical (unpaired) electrons. The van der Waals surface area contributed by atoms with Gasteiger partial charge in [-0.1, -0.05) is 6.07 Å². The van der Waals surface area contributed by atoms with Crippen LogP contribution < -0.4 is 10.5 Å². The zero-order valence-electron chi connectivity index (χ0n) is 11.4. The highest BCUT2D eigenvalue weighted by atomic mass is 16.5. The first-order valence-electron chi connectivity index (χ1n) is 5.99. The van der Waals surface area contributed by atoms with Gasteiger partial charge in [0.25, 0.3) is 0 Å². The number of methoxy groups -OCH3 is 1. The predicted octanol–water partition coefficient (Wildman–Crippen LogP) is 1.88. The molecular formula is C14H21NO3. The standard InChI is InChI=1S/C14H21NO3/c1-9-7-10(2)11(3)13(8-9)18-6-5-12(15)14(16)17-4/h7-8,12H,5-6,15H2,1-4H3. The fourth-order valence-electron chi connectivity index (χ4n) is 1.72. The molecule has 1 atom stereocenters. The number of rotatable bonds is 5. The van der Waals surface area contributed by atoms with E-state index in [2.05, 4.69) is 17.7 Å². The number of hydrogen-bond acceptors (Lipinski definition) is 4. The lowest BCUT2D eigenvalue weighted by molar-refractivity contribution is -0.142. The summed E-state index contributed by atoms with van der Waals surface area (Å²) in [4.78, 5) is 11.1. The number of carbonyl (C=O) groups is 1. The molecule has 1 unspecified atom stereocenters. The Morgan fingerprint density at radius 1 is 1.33 bits per heavy atom. The molecule has 1 rings (SSSR count). The van der Waals surface area contributed by atoms with Crippen LogP contribution in [0.3, 0.4) is 0 Å². The number of aryl methyl sites for hydroxylation is 2. The van der Waals surface area contributed by atoms with Crippen molar-refractivity contribution < 1.29 is 14.3 Å². The summed E-state index contributed by atoms with van der Waals surface area (Å²) in [7, 11) is 1.33. The van der Waals surface area contributed by atoms with Crippen molar-refractivity contribution in [1.29, 1.82) is 0 Å². The second kappa shape index (κ2) is 6.40. The quantitative estimate of drug-likeness (QED) is 0.812. The van der Waals surface area contributed by atoms with E-state index in [1.54, 1.807) is 0 Å². The van der Waals surface area contributed by atoms with E-state index < -0.39 is 12.0 Å². The summed E-state index contributed by atoms with van der Waals surface area (Å²) in [6, 6.07) is 3.48.